The van der Waals surface area contributed by atoms with Crippen molar-refractivity contribution in [3.63, 3.8) is 0 Å². The predicted molar refractivity (Wildman–Crippen MR) is 95.4 cm³/mol. The predicted octanol–water partition coefficient (Wildman–Crippen LogP) is 3.45. The quantitative estimate of drug-likeness (QED) is 0.778. The first kappa shape index (κ1) is 15.2. The van der Waals surface area contributed by atoms with Crippen LogP contribution in [-0.4, -0.2) is 15.5 Å². The van der Waals surface area contributed by atoms with Gasteiger partial charge < -0.3 is 4.74 Å². The number of ether oxygens (including phenoxy) is 1. The van der Waals surface area contributed by atoms with Crippen LogP contribution in [0.3, 0.4) is 0 Å². The van der Waals surface area contributed by atoms with E-state index in [0.29, 0.717) is 6.54 Å². The Labute approximate surface area is 141 Å². The minimum atomic E-state index is -3.24. The molecule has 1 heterocycles. The summed E-state index contributed by atoms with van der Waals surface area (Å²) in [5, 5.41) is 2.19. The lowest BCUT2D eigenvalue weighted by Crippen LogP contribution is -2.30. The number of benzene rings is 3. The van der Waals surface area contributed by atoms with E-state index in [4.69, 9.17) is 4.74 Å². The number of hydrogen-bond acceptors (Lipinski definition) is 3. The van der Waals surface area contributed by atoms with Gasteiger partial charge in [0.1, 0.15) is 5.75 Å². The van der Waals surface area contributed by atoms with Gasteiger partial charge in [-0.05, 0) is 51.2 Å². The largest absolute Gasteiger partial charge is 0.497 e. The number of rotatable bonds is 2. The highest BCUT2D eigenvalue weighted by atomic mass is 32.2. The van der Waals surface area contributed by atoms with E-state index in [0.717, 1.165) is 38.8 Å². The fraction of sp³-hybridized carbons (Fsp3) is 0.158. The molecule has 0 fully saturated rings. The van der Waals surface area contributed by atoms with Crippen LogP contribution in [0.25, 0.3) is 21.9 Å². The summed E-state index contributed by atoms with van der Waals surface area (Å²) < 4.78 is 31.8. The Kier molecular flexibility index (Phi) is 3.55. The summed E-state index contributed by atoms with van der Waals surface area (Å²) in [6, 6.07) is 18.1. The molecule has 0 spiro atoms. The topological polar surface area (TPSA) is 55.4 Å². The van der Waals surface area contributed by atoms with Crippen LogP contribution in [0.5, 0.6) is 5.75 Å². The molecule has 0 saturated heterocycles. The van der Waals surface area contributed by atoms with E-state index in [9.17, 15) is 8.42 Å². The summed E-state index contributed by atoms with van der Waals surface area (Å²) >= 11 is 0. The van der Waals surface area contributed by atoms with Crippen LogP contribution in [0.15, 0.2) is 54.6 Å². The number of fused-ring (bicyclic) bond motifs is 2. The van der Waals surface area contributed by atoms with Gasteiger partial charge in [0, 0.05) is 6.54 Å². The maximum atomic E-state index is 12.0. The molecule has 1 N–H and O–H groups in total. The van der Waals surface area contributed by atoms with Crippen molar-refractivity contribution < 1.29 is 13.2 Å². The minimum Gasteiger partial charge on any atom is -0.497 e. The second-order valence-corrected chi connectivity index (χ2v) is 7.76. The van der Waals surface area contributed by atoms with Crippen LogP contribution >= 0.6 is 0 Å². The molecule has 0 atom stereocenters. The Morgan fingerprint density at radius 3 is 2.62 bits per heavy atom. The third kappa shape index (κ3) is 2.66. The zero-order valence-electron chi connectivity index (χ0n) is 13.2. The molecule has 0 aromatic heterocycles. The molecule has 3 aromatic rings. The average Bonchev–Trinajstić information content (AvgIpc) is 2.59. The van der Waals surface area contributed by atoms with Gasteiger partial charge in [0.15, 0.2) is 0 Å². The van der Waals surface area contributed by atoms with Crippen LogP contribution in [-0.2, 0) is 22.3 Å². The van der Waals surface area contributed by atoms with E-state index >= 15 is 0 Å². The first-order valence-electron chi connectivity index (χ1n) is 7.72. The molecule has 0 saturated carbocycles. The zero-order chi connectivity index (χ0) is 16.7. The third-order valence-electron chi connectivity index (χ3n) is 4.45. The molecule has 0 amide bonds. The molecule has 0 unspecified atom stereocenters. The van der Waals surface area contributed by atoms with Gasteiger partial charge in [-0.2, -0.15) is 0 Å². The highest BCUT2D eigenvalue weighted by Crippen LogP contribution is 2.32. The van der Waals surface area contributed by atoms with E-state index in [2.05, 4.69) is 10.8 Å². The molecular formula is C19H17NO3S. The average molecular weight is 339 g/mol. The molecule has 0 bridgehead atoms. The van der Waals surface area contributed by atoms with Crippen LogP contribution in [0.2, 0.25) is 0 Å². The van der Waals surface area contributed by atoms with E-state index < -0.39 is 10.0 Å². The van der Waals surface area contributed by atoms with Gasteiger partial charge in [0.2, 0.25) is 10.0 Å². The van der Waals surface area contributed by atoms with Crippen molar-refractivity contribution >= 4 is 20.8 Å². The van der Waals surface area contributed by atoms with E-state index in [1.165, 1.54) is 0 Å². The van der Waals surface area contributed by atoms with Crippen molar-refractivity contribution in [2.24, 2.45) is 0 Å². The van der Waals surface area contributed by atoms with Gasteiger partial charge in [0.05, 0.1) is 12.9 Å². The van der Waals surface area contributed by atoms with Crippen LogP contribution in [0, 0.1) is 0 Å². The first-order chi connectivity index (χ1) is 11.6. The fourth-order valence-corrected chi connectivity index (χ4v) is 4.39. The normalized spacial score (nSPS) is 15.9. The summed E-state index contributed by atoms with van der Waals surface area (Å²) in [5.41, 5.74) is 3.94. The van der Waals surface area contributed by atoms with Crippen LogP contribution < -0.4 is 9.46 Å². The van der Waals surface area contributed by atoms with Crippen molar-refractivity contribution in [2.75, 3.05) is 7.11 Å². The minimum absolute atomic E-state index is 0.0269. The Bertz CT molecular complexity index is 1040. The number of nitrogens with one attached hydrogen (secondary N) is 1. The third-order valence-corrected chi connectivity index (χ3v) is 5.70. The highest BCUT2D eigenvalue weighted by molar-refractivity contribution is 7.88. The molecule has 1 aliphatic rings. The monoisotopic (exact) mass is 339 g/mol. The highest BCUT2D eigenvalue weighted by Gasteiger charge is 2.23. The van der Waals surface area contributed by atoms with Crippen LogP contribution in [0.4, 0.5) is 0 Å². The molecule has 4 nitrogen and oxygen atoms in total. The number of methoxy groups -OCH3 is 1. The number of hydrogen-bond donors (Lipinski definition) is 1. The lowest BCUT2D eigenvalue weighted by Gasteiger charge is -2.21. The van der Waals surface area contributed by atoms with Crippen LogP contribution in [0.1, 0.15) is 11.1 Å². The molecule has 0 radical (unpaired) electrons. The Hall–Kier alpha value is -2.37. The maximum Gasteiger partial charge on any atom is 0.216 e. The molecule has 4 rings (SSSR count). The van der Waals surface area contributed by atoms with Gasteiger partial charge in [-0.25, -0.2) is 13.1 Å². The molecule has 0 aliphatic carbocycles. The second-order valence-electron chi connectivity index (χ2n) is 5.95. The van der Waals surface area contributed by atoms with Gasteiger partial charge in [-0.3, -0.25) is 0 Å². The van der Waals surface area contributed by atoms with Crippen molar-refractivity contribution in [1.29, 1.82) is 0 Å². The number of sulfonamides is 1. The summed E-state index contributed by atoms with van der Waals surface area (Å²) in [5.74, 6) is 0.851. The van der Waals surface area contributed by atoms with Crippen molar-refractivity contribution in [3.05, 3.63) is 65.7 Å². The summed E-state index contributed by atoms with van der Waals surface area (Å²) in [7, 11) is -1.59. The standard InChI is InChI=1S/C19H17NO3S/c1-23-17-8-7-13-9-15(6-5-14(13)10-17)18-4-2-3-16-11-20-24(21,22)12-19(16)18/h2-10,20H,11-12H2,1H3. The SMILES string of the molecule is COc1ccc2cc(-c3cccc4c3CS(=O)(=O)NC4)ccc2c1. The summed E-state index contributed by atoms with van der Waals surface area (Å²) in [6.45, 7) is 0.357. The molecule has 122 valence electrons. The van der Waals surface area contributed by atoms with Gasteiger partial charge in [-0.15, -0.1) is 0 Å². The van der Waals surface area contributed by atoms with Crippen molar-refractivity contribution in [1.82, 2.24) is 4.72 Å². The van der Waals surface area contributed by atoms with Gasteiger partial charge in [-0.1, -0.05) is 36.4 Å². The molecule has 1 aliphatic heterocycles. The molecule has 24 heavy (non-hydrogen) atoms. The van der Waals surface area contributed by atoms with E-state index in [1.54, 1.807) is 7.11 Å². The molecule has 5 heteroatoms. The fourth-order valence-electron chi connectivity index (χ4n) is 3.19. The second kappa shape index (κ2) is 5.61. The lowest BCUT2D eigenvalue weighted by molar-refractivity contribution is 0.415. The Morgan fingerprint density at radius 1 is 1.00 bits per heavy atom. The van der Waals surface area contributed by atoms with Crippen molar-refractivity contribution in [3.8, 4) is 16.9 Å². The van der Waals surface area contributed by atoms with E-state index in [-0.39, 0.29) is 5.75 Å². The summed E-state index contributed by atoms with van der Waals surface area (Å²) in [6.07, 6.45) is 0. The van der Waals surface area contributed by atoms with Gasteiger partial charge >= 0.3 is 0 Å². The molecular weight excluding hydrogens is 322 g/mol. The zero-order valence-corrected chi connectivity index (χ0v) is 14.1. The van der Waals surface area contributed by atoms with Crippen molar-refractivity contribution in [2.45, 2.75) is 12.3 Å². The molecule has 3 aromatic carbocycles. The Balaban J connectivity index is 1.86. The smallest absolute Gasteiger partial charge is 0.216 e. The van der Waals surface area contributed by atoms with E-state index in [1.807, 2.05) is 48.5 Å². The lowest BCUT2D eigenvalue weighted by atomic mass is 9.94. The Morgan fingerprint density at radius 2 is 1.79 bits per heavy atom. The van der Waals surface area contributed by atoms with Gasteiger partial charge in [0.25, 0.3) is 0 Å². The summed E-state index contributed by atoms with van der Waals surface area (Å²) in [4.78, 5) is 0. The first-order valence-corrected chi connectivity index (χ1v) is 9.37. The maximum absolute atomic E-state index is 12.0.